The van der Waals surface area contributed by atoms with Gasteiger partial charge < -0.3 is 14.8 Å². The molecule has 6 aliphatic rings. The van der Waals surface area contributed by atoms with Crippen molar-refractivity contribution in [2.24, 2.45) is 10.1 Å². The van der Waals surface area contributed by atoms with Gasteiger partial charge in [-0.25, -0.2) is 36.3 Å². The van der Waals surface area contributed by atoms with Crippen molar-refractivity contribution >= 4 is 43.5 Å². The van der Waals surface area contributed by atoms with E-state index in [-0.39, 0.29) is 11.5 Å². The average molecular weight is 815 g/mol. The molecule has 0 aromatic heterocycles. The van der Waals surface area contributed by atoms with Gasteiger partial charge in [-0.15, -0.1) is 0 Å². The average Bonchev–Trinajstić information content (AvgIpc) is 4.00. The van der Waals surface area contributed by atoms with E-state index in [1.165, 1.54) is 57.3 Å². The van der Waals surface area contributed by atoms with Crippen LogP contribution in [0.15, 0.2) is 17.1 Å². The number of fused-ring (bicyclic) bond motifs is 4. The summed E-state index contributed by atoms with van der Waals surface area (Å²) in [4.78, 5) is 31.3. The Balaban J connectivity index is 0.000000159. The first-order chi connectivity index (χ1) is 27.0. The van der Waals surface area contributed by atoms with E-state index in [0.29, 0.717) is 32.6 Å². The summed E-state index contributed by atoms with van der Waals surface area (Å²) in [6.07, 6.45) is 15.9. The van der Waals surface area contributed by atoms with Gasteiger partial charge in [0.1, 0.15) is 0 Å². The second-order valence-electron chi connectivity index (χ2n) is 15.5. The zero-order chi connectivity index (χ0) is 39.5. The number of rotatable bonds is 11. The molecule has 2 aromatic carbocycles. The maximum absolute atomic E-state index is 12.5. The number of ether oxygens (including phenoxy) is 2. The van der Waals surface area contributed by atoms with Crippen LogP contribution in [0.4, 0.5) is 16.2 Å². The molecule has 0 bridgehead atoms. The summed E-state index contributed by atoms with van der Waals surface area (Å²) in [5.74, 6) is 0.0210. The molecule has 2 aromatic rings. The quantitative estimate of drug-likeness (QED) is 0.224. The fraction of sp³-hybridized carbons (Fsp3) is 0.650. The lowest BCUT2D eigenvalue weighted by molar-refractivity contribution is 0.0380. The Morgan fingerprint density at radius 1 is 0.679 bits per heavy atom. The molecule has 0 spiro atoms. The van der Waals surface area contributed by atoms with Crippen molar-refractivity contribution in [3.05, 3.63) is 56.6 Å². The van der Waals surface area contributed by atoms with Gasteiger partial charge in [0.25, 0.3) is 0 Å². The van der Waals surface area contributed by atoms with Crippen LogP contribution in [0.3, 0.4) is 0 Å². The topological polar surface area (TPSA) is 190 Å². The number of primary sulfonamides is 1. The van der Waals surface area contributed by atoms with Gasteiger partial charge in [0.2, 0.25) is 26.1 Å². The van der Waals surface area contributed by atoms with Gasteiger partial charge in [0.05, 0.1) is 43.6 Å². The lowest BCUT2D eigenvalue weighted by Gasteiger charge is -2.26. The summed E-state index contributed by atoms with van der Waals surface area (Å²) in [7, 11) is -6.93. The molecule has 2 amide bonds. The number of urea groups is 1. The zero-order valence-electron chi connectivity index (χ0n) is 32.5. The van der Waals surface area contributed by atoms with Crippen LogP contribution in [-0.4, -0.2) is 116 Å². The van der Waals surface area contributed by atoms with E-state index in [9.17, 15) is 26.4 Å². The van der Waals surface area contributed by atoms with Crippen LogP contribution in [-0.2, 0) is 85.7 Å². The van der Waals surface area contributed by atoms with Crippen LogP contribution >= 0.6 is 0 Å². The molecule has 0 saturated carbocycles. The van der Waals surface area contributed by atoms with Crippen LogP contribution in [0.1, 0.15) is 83.0 Å². The van der Waals surface area contributed by atoms with E-state index in [4.69, 9.17) is 14.6 Å². The molecule has 0 unspecified atom stereocenters. The predicted molar refractivity (Wildman–Crippen MR) is 216 cm³/mol. The third kappa shape index (κ3) is 11.9. The molecular weight excluding hydrogens is 757 g/mol. The highest BCUT2D eigenvalue weighted by molar-refractivity contribution is 7.90. The number of sulfonamides is 2. The molecule has 2 saturated heterocycles. The number of nitrogens with two attached hydrogens (primary N) is 1. The summed E-state index contributed by atoms with van der Waals surface area (Å²) in [5.41, 5.74) is 12.3. The first kappa shape index (κ1) is 42.4. The Hall–Kier alpha value is -3.21. The fourth-order valence-electron chi connectivity index (χ4n) is 8.88. The van der Waals surface area contributed by atoms with Crippen LogP contribution in [0.25, 0.3) is 0 Å². The van der Waals surface area contributed by atoms with Crippen molar-refractivity contribution in [3.8, 4) is 0 Å². The Kier molecular flexibility index (Phi) is 15.1. The number of aliphatic imine (C=N–C) groups is 1. The number of nitrogens with zero attached hydrogens (tertiary/aromatic N) is 3. The van der Waals surface area contributed by atoms with E-state index in [1.807, 2.05) is 0 Å². The molecule has 16 heteroatoms. The molecule has 2 heterocycles. The molecule has 0 radical (unpaired) electrons. The van der Waals surface area contributed by atoms with Crippen molar-refractivity contribution in [3.63, 3.8) is 0 Å². The minimum Gasteiger partial charge on any atom is -0.379 e. The number of hydrogen-bond acceptors (Lipinski definition) is 11. The van der Waals surface area contributed by atoms with Crippen LogP contribution in [0, 0.1) is 0 Å². The summed E-state index contributed by atoms with van der Waals surface area (Å²) < 4.78 is 58.5. The van der Waals surface area contributed by atoms with Crippen LogP contribution in [0.2, 0.25) is 0 Å². The lowest BCUT2D eigenvalue weighted by Crippen LogP contribution is -2.39. The van der Waals surface area contributed by atoms with Crippen molar-refractivity contribution < 1.29 is 35.9 Å². The van der Waals surface area contributed by atoms with Gasteiger partial charge in [0, 0.05) is 31.9 Å². The van der Waals surface area contributed by atoms with Crippen molar-refractivity contribution in [2.75, 3.05) is 82.5 Å². The van der Waals surface area contributed by atoms with Crippen molar-refractivity contribution in [1.82, 2.24) is 14.5 Å². The summed E-state index contributed by atoms with van der Waals surface area (Å²) in [5, 5.41) is 7.76. The molecule has 308 valence electrons. The summed E-state index contributed by atoms with van der Waals surface area (Å²) in [6, 6.07) is 3.99. The minimum absolute atomic E-state index is 0.0528. The van der Waals surface area contributed by atoms with Gasteiger partial charge in [-0.3, -0.25) is 9.80 Å². The molecular formula is C40H58N6O8S2. The van der Waals surface area contributed by atoms with Crippen molar-refractivity contribution in [1.29, 1.82) is 0 Å². The number of aryl methyl sites for hydroxylation is 4. The normalized spacial score (nSPS) is 18.9. The molecule has 4 aliphatic carbocycles. The number of hydrogen-bond donors (Lipinski definition) is 3. The fourth-order valence-corrected chi connectivity index (χ4v) is 10.4. The highest BCUT2D eigenvalue weighted by Crippen LogP contribution is 2.40. The molecule has 0 atom stereocenters. The maximum atomic E-state index is 12.5. The Morgan fingerprint density at radius 3 is 1.55 bits per heavy atom. The Morgan fingerprint density at radius 2 is 1.11 bits per heavy atom. The standard InChI is InChI=1S/C20H29N3O4S.C13H13NO.C7H16N2O3S/c24-20(22-28(25,26)13-3-8-23-9-11-27-12-10-23)21-19-17-6-1-4-15(17)14-16-5-2-7-18(16)19;15-8-14-13-11-5-1-3-9(11)7-10-4-2-6-12(10)13;8-13(10,11)7-1-2-9-3-5-12-6-4-9/h14H,1-13H2,(H2,21,22,24);7H,1-6H2;1-7H2,(H2,8,10,11). The first-order valence-corrected chi connectivity index (χ1v) is 23.7. The molecule has 56 heavy (non-hydrogen) atoms. The number of anilines is 1. The number of amides is 2. The highest BCUT2D eigenvalue weighted by Gasteiger charge is 2.27. The third-order valence-corrected chi connectivity index (χ3v) is 13.7. The number of morpholine rings is 2. The Labute approximate surface area is 332 Å². The number of nitrogens with one attached hydrogen (secondary N) is 2. The van der Waals surface area contributed by atoms with Gasteiger partial charge in [-0.05, 0) is 147 Å². The maximum Gasteiger partial charge on any atom is 0.332 e. The summed E-state index contributed by atoms with van der Waals surface area (Å²) in [6.45, 7) is 7.82. The Bertz CT molecular complexity index is 1910. The monoisotopic (exact) mass is 814 g/mol. The van der Waals surface area contributed by atoms with Crippen LogP contribution in [0.5, 0.6) is 0 Å². The molecule has 4 N–H and O–H groups in total. The minimum atomic E-state index is -3.65. The van der Waals surface area contributed by atoms with E-state index in [2.05, 4.69) is 37.0 Å². The van der Waals surface area contributed by atoms with Crippen LogP contribution < -0.4 is 15.2 Å². The predicted octanol–water partition coefficient (Wildman–Crippen LogP) is 3.47. The highest BCUT2D eigenvalue weighted by atomic mass is 32.2. The largest absolute Gasteiger partial charge is 0.379 e. The number of carbonyl (C=O) groups excluding carboxylic acids is 2. The smallest absolute Gasteiger partial charge is 0.332 e. The van der Waals surface area contributed by atoms with Gasteiger partial charge in [-0.2, -0.15) is 4.99 Å². The van der Waals surface area contributed by atoms with Gasteiger partial charge in [0.15, 0.2) is 0 Å². The molecule has 8 rings (SSSR count). The van der Waals surface area contributed by atoms with E-state index >= 15 is 0 Å². The zero-order valence-corrected chi connectivity index (χ0v) is 34.2. The number of carbonyl (C=O) groups is 1. The first-order valence-electron chi connectivity index (χ1n) is 20.3. The molecule has 2 aliphatic heterocycles. The number of benzene rings is 2. The SMILES string of the molecule is NS(=O)(=O)CCCN1CCOCC1.O=C(Nc1c2c(cc3c1CCC3)CCC2)NS(=O)(=O)CCCN1CCOCC1.O=C=Nc1c2c(cc3c1CCC3)CCC2. The number of isocyanates is 1. The van der Waals surface area contributed by atoms with Gasteiger partial charge in [-0.1, -0.05) is 12.1 Å². The third-order valence-electron chi connectivity index (χ3n) is 11.6. The molecule has 14 nitrogen and oxygen atoms in total. The second-order valence-corrected chi connectivity index (χ2v) is 19.1. The van der Waals surface area contributed by atoms with Gasteiger partial charge >= 0.3 is 6.03 Å². The van der Waals surface area contributed by atoms with E-state index < -0.39 is 26.1 Å². The summed E-state index contributed by atoms with van der Waals surface area (Å²) >= 11 is 0. The molecule has 2 fully saturated rings. The second kappa shape index (κ2) is 20.0. The lowest BCUT2D eigenvalue weighted by atomic mass is 9.99. The van der Waals surface area contributed by atoms with E-state index in [0.717, 1.165) is 122 Å². The van der Waals surface area contributed by atoms with E-state index in [1.54, 1.807) is 6.08 Å². The van der Waals surface area contributed by atoms with Crippen molar-refractivity contribution in [2.45, 2.75) is 89.9 Å².